The molecule has 5 heteroatoms. The molecule has 138 valence electrons. The van der Waals surface area contributed by atoms with Gasteiger partial charge >= 0.3 is 0 Å². The highest BCUT2D eigenvalue weighted by Gasteiger charge is 2.36. The summed E-state index contributed by atoms with van der Waals surface area (Å²) >= 11 is 0. The van der Waals surface area contributed by atoms with Gasteiger partial charge in [0.2, 0.25) is 11.8 Å². The maximum absolute atomic E-state index is 12.8. The number of nitrogens with one attached hydrogen (secondary N) is 2. The SMILES string of the molecule is COc1ccc(C)cc1NC(=O)C(C)(C)C(=O)Nc1cccc(C)c1C. The van der Waals surface area contributed by atoms with E-state index in [1.165, 1.54) is 0 Å². The molecule has 0 bridgehead atoms. The Morgan fingerprint density at radius 1 is 0.923 bits per heavy atom. The van der Waals surface area contributed by atoms with E-state index in [0.717, 1.165) is 16.7 Å². The number of anilines is 2. The Balaban J connectivity index is 2.20. The minimum absolute atomic E-state index is 0.365. The second-order valence-corrected chi connectivity index (χ2v) is 6.98. The van der Waals surface area contributed by atoms with E-state index in [1.54, 1.807) is 27.0 Å². The van der Waals surface area contributed by atoms with Crippen molar-refractivity contribution in [1.82, 2.24) is 0 Å². The molecule has 0 atom stereocenters. The Kier molecular flexibility index (Phi) is 5.70. The highest BCUT2D eigenvalue weighted by atomic mass is 16.5. The van der Waals surface area contributed by atoms with E-state index in [4.69, 9.17) is 4.74 Å². The van der Waals surface area contributed by atoms with Crippen molar-refractivity contribution in [2.24, 2.45) is 5.41 Å². The standard InChI is InChI=1S/C21H26N2O3/c1-13-10-11-18(26-6)17(12-13)23-20(25)21(4,5)19(24)22-16-9-7-8-14(2)15(16)3/h7-12H,1-6H3,(H,22,24)(H,23,25). The van der Waals surface area contributed by atoms with Crippen LogP contribution in [0.25, 0.3) is 0 Å². The molecule has 0 spiro atoms. The molecule has 5 nitrogen and oxygen atoms in total. The van der Waals surface area contributed by atoms with E-state index in [0.29, 0.717) is 17.1 Å². The lowest BCUT2D eigenvalue weighted by Crippen LogP contribution is -2.41. The number of carbonyl (C=O) groups excluding carboxylic acids is 2. The summed E-state index contributed by atoms with van der Waals surface area (Å²) in [6.07, 6.45) is 0. The molecule has 2 aromatic rings. The molecule has 2 amide bonds. The van der Waals surface area contributed by atoms with E-state index in [9.17, 15) is 9.59 Å². The molecule has 0 unspecified atom stereocenters. The van der Waals surface area contributed by atoms with E-state index < -0.39 is 11.3 Å². The summed E-state index contributed by atoms with van der Waals surface area (Å²) in [5, 5.41) is 5.68. The van der Waals surface area contributed by atoms with Crippen molar-refractivity contribution in [2.75, 3.05) is 17.7 Å². The van der Waals surface area contributed by atoms with Crippen molar-refractivity contribution in [2.45, 2.75) is 34.6 Å². The van der Waals surface area contributed by atoms with E-state index in [1.807, 2.05) is 51.1 Å². The third-order valence-corrected chi connectivity index (χ3v) is 4.59. The number of methoxy groups -OCH3 is 1. The molecule has 0 aliphatic heterocycles. The molecule has 0 saturated heterocycles. The second-order valence-electron chi connectivity index (χ2n) is 6.98. The topological polar surface area (TPSA) is 67.4 Å². The first kappa shape index (κ1) is 19.5. The number of carbonyl (C=O) groups is 2. The number of hydrogen-bond acceptors (Lipinski definition) is 3. The zero-order valence-electron chi connectivity index (χ0n) is 16.2. The van der Waals surface area contributed by atoms with Crippen LogP contribution in [0.15, 0.2) is 36.4 Å². The third-order valence-electron chi connectivity index (χ3n) is 4.59. The molecule has 2 rings (SSSR count). The fourth-order valence-electron chi connectivity index (χ4n) is 2.47. The van der Waals surface area contributed by atoms with Gasteiger partial charge in [-0.15, -0.1) is 0 Å². The Morgan fingerprint density at radius 2 is 1.54 bits per heavy atom. The summed E-state index contributed by atoms with van der Waals surface area (Å²) in [5.41, 5.74) is 3.05. The number of benzene rings is 2. The van der Waals surface area contributed by atoms with Gasteiger partial charge in [-0.3, -0.25) is 9.59 Å². The molecule has 0 fully saturated rings. The maximum Gasteiger partial charge on any atom is 0.239 e. The van der Waals surface area contributed by atoms with Gasteiger partial charge in [0.1, 0.15) is 11.2 Å². The molecular weight excluding hydrogens is 328 g/mol. The molecular formula is C21H26N2O3. The van der Waals surface area contributed by atoms with Gasteiger partial charge in [-0.2, -0.15) is 0 Å². The van der Waals surface area contributed by atoms with Crippen LogP contribution in [-0.2, 0) is 9.59 Å². The highest BCUT2D eigenvalue weighted by molar-refractivity contribution is 6.14. The van der Waals surface area contributed by atoms with Gasteiger partial charge in [0, 0.05) is 5.69 Å². The summed E-state index contributed by atoms with van der Waals surface area (Å²) < 4.78 is 5.28. The van der Waals surface area contributed by atoms with Crippen LogP contribution in [0.2, 0.25) is 0 Å². The Hall–Kier alpha value is -2.82. The molecule has 0 heterocycles. The van der Waals surface area contributed by atoms with Crippen LogP contribution in [-0.4, -0.2) is 18.9 Å². The second kappa shape index (κ2) is 7.60. The molecule has 26 heavy (non-hydrogen) atoms. The van der Waals surface area contributed by atoms with Crippen LogP contribution in [0.4, 0.5) is 11.4 Å². The Morgan fingerprint density at radius 3 is 2.15 bits per heavy atom. The number of ether oxygens (including phenoxy) is 1. The van der Waals surface area contributed by atoms with Gasteiger partial charge in [-0.25, -0.2) is 0 Å². The Labute approximate surface area is 154 Å². The minimum atomic E-state index is -1.26. The first-order valence-corrected chi connectivity index (χ1v) is 8.50. The molecule has 0 aliphatic rings. The first-order chi connectivity index (χ1) is 12.2. The number of rotatable bonds is 5. The minimum Gasteiger partial charge on any atom is -0.495 e. The van der Waals surface area contributed by atoms with Crippen molar-refractivity contribution in [1.29, 1.82) is 0 Å². The van der Waals surface area contributed by atoms with E-state index >= 15 is 0 Å². The first-order valence-electron chi connectivity index (χ1n) is 8.50. The average Bonchev–Trinajstić information content (AvgIpc) is 2.59. The van der Waals surface area contributed by atoms with Crippen LogP contribution < -0.4 is 15.4 Å². The van der Waals surface area contributed by atoms with Crippen LogP contribution >= 0.6 is 0 Å². The van der Waals surface area contributed by atoms with Crippen LogP contribution in [0.3, 0.4) is 0 Å². The summed E-state index contributed by atoms with van der Waals surface area (Å²) in [6.45, 7) is 9.05. The van der Waals surface area contributed by atoms with Crippen LogP contribution in [0.5, 0.6) is 5.75 Å². The predicted molar refractivity (Wildman–Crippen MR) is 105 cm³/mol. The molecule has 0 saturated carbocycles. The van der Waals surface area contributed by atoms with Crippen molar-refractivity contribution >= 4 is 23.2 Å². The van der Waals surface area contributed by atoms with Gasteiger partial charge in [-0.1, -0.05) is 18.2 Å². The molecule has 2 N–H and O–H groups in total. The molecule has 0 aromatic heterocycles. The zero-order chi connectivity index (χ0) is 19.5. The quantitative estimate of drug-likeness (QED) is 0.790. The van der Waals surface area contributed by atoms with E-state index in [-0.39, 0.29) is 5.91 Å². The van der Waals surface area contributed by atoms with Crippen LogP contribution in [0, 0.1) is 26.2 Å². The summed E-state index contributed by atoms with van der Waals surface area (Å²) in [6, 6.07) is 11.2. The largest absolute Gasteiger partial charge is 0.495 e. The number of hydrogen-bond donors (Lipinski definition) is 2. The smallest absolute Gasteiger partial charge is 0.239 e. The van der Waals surface area contributed by atoms with E-state index in [2.05, 4.69) is 10.6 Å². The zero-order valence-corrected chi connectivity index (χ0v) is 16.2. The summed E-state index contributed by atoms with van der Waals surface area (Å²) in [5.74, 6) is -0.214. The van der Waals surface area contributed by atoms with Gasteiger partial charge in [-0.05, 0) is 69.5 Å². The summed E-state index contributed by atoms with van der Waals surface area (Å²) in [7, 11) is 1.54. The summed E-state index contributed by atoms with van der Waals surface area (Å²) in [4.78, 5) is 25.5. The van der Waals surface area contributed by atoms with Crippen molar-refractivity contribution in [3.63, 3.8) is 0 Å². The third kappa shape index (κ3) is 4.04. The lowest BCUT2D eigenvalue weighted by Gasteiger charge is -2.24. The lowest BCUT2D eigenvalue weighted by atomic mass is 9.90. The monoisotopic (exact) mass is 354 g/mol. The van der Waals surface area contributed by atoms with Gasteiger partial charge in [0.05, 0.1) is 12.8 Å². The average molecular weight is 354 g/mol. The van der Waals surface area contributed by atoms with Crippen molar-refractivity contribution in [3.05, 3.63) is 53.1 Å². The predicted octanol–water partition coefficient (Wildman–Crippen LogP) is 4.22. The normalized spacial score (nSPS) is 11.0. The Bertz CT molecular complexity index is 841. The fourth-order valence-corrected chi connectivity index (χ4v) is 2.47. The molecule has 0 aliphatic carbocycles. The van der Waals surface area contributed by atoms with Gasteiger partial charge in [0.15, 0.2) is 0 Å². The van der Waals surface area contributed by atoms with Gasteiger partial charge in [0.25, 0.3) is 0 Å². The molecule has 0 radical (unpaired) electrons. The van der Waals surface area contributed by atoms with Crippen molar-refractivity contribution in [3.8, 4) is 5.75 Å². The van der Waals surface area contributed by atoms with Crippen molar-refractivity contribution < 1.29 is 14.3 Å². The number of aryl methyl sites for hydroxylation is 2. The maximum atomic E-state index is 12.8. The van der Waals surface area contributed by atoms with Crippen LogP contribution in [0.1, 0.15) is 30.5 Å². The number of amides is 2. The fraction of sp³-hybridized carbons (Fsp3) is 0.333. The molecule has 2 aromatic carbocycles. The lowest BCUT2D eigenvalue weighted by molar-refractivity contribution is -0.135. The highest BCUT2D eigenvalue weighted by Crippen LogP contribution is 2.29. The van der Waals surface area contributed by atoms with Gasteiger partial charge < -0.3 is 15.4 Å².